The lowest BCUT2D eigenvalue weighted by atomic mass is 10.0. The van der Waals surface area contributed by atoms with Gasteiger partial charge < -0.3 is 14.1 Å². The molecule has 0 radical (unpaired) electrons. The molecule has 0 amide bonds. The van der Waals surface area contributed by atoms with Crippen LogP contribution >= 0.6 is 0 Å². The van der Waals surface area contributed by atoms with Gasteiger partial charge >= 0.3 is 0 Å². The Morgan fingerprint density at radius 2 is 1.61 bits per heavy atom. The summed E-state index contributed by atoms with van der Waals surface area (Å²) in [4.78, 5) is 7.16. The van der Waals surface area contributed by atoms with Gasteiger partial charge in [0.15, 0.2) is 0 Å². The smallest absolute Gasteiger partial charge is 0.224 e. The van der Waals surface area contributed by atoms with E-state index in [0.29, 0.717) is 19.1 Å². The number of nitrogens with zero attached hydrogens (tertiary/aromatic N) is 2. The van der Waals surface area contributed by atoms with Crippen LogP contribution in [0.15, 0.2) is 65.1 Å². The first-order valence-electron chi connectivity index (χ1n) is 9.82. The van der Waals surface area contributed by atoms with E-state index in [1.54, 1.807) is 0 Å². The highest BCUT2D eigenvalue weighted by Crippen LogP contribution is 2.35. The summed E-state index contributed by atoms with van der Waals surface area (Å²) in [5.41, 5.74) is 2.80. The Morgan fingerprint density at radius 1 is 0.964 bits per heavy atom. The standard InChI is InChI=1S/C23H27N3O2/c1-23(2,24-17-18-9-5-3-6-10-18)22-25-20(19-11-7-4-8-12-19)21(28-22)26-13-15-27-16-14-26/h3-12,24H,13-17H2,1-2H3. The Bertz CT molecular complexity index is 885. The van der Waals surface area contributed by atoms with Gasteiger partial charge in [0.1, 0.15) is 5.69 Å². The number of hydrogen-bond acceptors (Lipinski definition) is 5. The van der Waals surface area contributed by atoms with E-state index in [4.69, 9.17) is 14.1 Å². The molecule has 28 heavy (non-hydrogen) atoms. The zero-order valence-corrected chi connectivity index (χ0v) is 16.5. The largest absolute Gasteiger partial charge is 0.422 e. The quantitative estimate of drug-likeness (QED) is 0.698. The molecule has 0 atom stereocenters. The zero-order chi connectivity index (χ0) is 19.4. The van der Waals surface area contributed by atoms with Crippen molar-refractivity contribution in [3.63, 3.8) is 0 Å². The maximum atomic E-state index is 6.36. The second-order valence-corrected chi connectivity index (χ2v) is 7.60. The summed E-state index contributed by atoms with van der Waals surface area (Å²) in [5.74, 6) is 1.53. The summed E-state index contributed by atoms with van der Waals surface area (Å²) in [7, 11) is 0. The first kappa shape index (κ1) is 18.7. The molecule has 1 aliphatic rings. The fraction of sp³-hybridized carbons (Fsp3) is 0.348. The van der Waals surface area contributed by atoms with E-state index in [0.717, 1.165) is 36.8 Å². The van der Waals surface area contributed by atoms with Crippen molar-refractivity contribution < 1.29 is 9.15 Å². The van der Waals surface area contributed by atoms with Crippen molar-refractivity contribution in [2.24, 2.45) is 0 Å². The molecule has 1 aliphatic heterocycles. The molecule has 0 bridgehead atoms. The van der Waals surface area contributed by atoms with Crippen LogP contribution in [0.4, 0.5) is 5.88 Å². The molecule has 146 valence electrons. The average molecular weight is 377 g/mol. The lowest BCUT2D eigenvalue weighted by Gasteiger charge is -2.27. The van der Waals surface area contributed by atoms with Gasteiger partial charge in [0.05, 0.1) is 18.8 Å². The first-order chi connectivity index (χ1) is 13.6. The fourth-order valence-electron chi connectivity index (χ4n) is 3.34. The van der Waals surface area contributed by atoms with Gasteiger partial charge in [-0.2, -0.15) is 0 Å². The number of aromatic nitrogens is 1. The molecule has 0 unspecified atom stereocenters. The van der Waals surface area contributed by atoms with Crippen molar-refractivity contribution in [1.29, 1.82) is 0 Å². The van der Waals surface area contributed by atoms with Gasteiger partial charge in [-0.1, -0.05) is 60.7 Å². The zero-order valence-electron chi connectivity index (χ0n) is 16.5. The van der Waals surface area contributed by atoms with Gasteiger partial charge in [0.25, 0.3) is 0 Å². The number of oxazole rings is 1. The molecular formula is C23H27N3O2. The third kappa shape index (κ3) is 4.11. The van der Waals surface area contributed by atoms with E-state index in [1.807, 2.05) is 24.3 Å². The van der Waals surface area contributed by atoms with Gasteiger partial charge in [0.2, 0.25) is 11.8 Å². The number of morpholine rings is 1. The van der Waals surface area contributed by atoms with Gasteiger partial charge in [-0.3, -0.25) is 5.32 Å². The lowest BCUT2D eigenvalue weighted by Crippen LogP contribution is -2.37. The predicted molar refractivity (Wildman–Crippen MR) is 111 cm³/mol. The Hall–Kier alpha value is -2.63. The minimum absolute atomic E-state index is 0.399. The van der Waals surface area contributed by atoms with E-state index in [9.17, 15) is 0 Å². The minimum atomic E-state index is -0.399. The van der Waals surface area contributed by atoms with E-state index in [-0.39, 0.29) is 0 Å². The van der Waals surface area contributed by atoms with Gasteiger partial charge in [-0.05, 0) is 19.4 Å². The van der Waals surface area contributed by atoms with Gasteiger partial charge in [-0.25, -0.2) is 4.98 Å². The van der Waals surface area contributed by atoms with Crippen LogP contribution in [0, 0.1) is 0 Å². The van der Waals surface area contributed by atoms with Crippen LogP contribution < -0.4 is 10.2 Å². The van der Waals surface area contributed by atoms with E-state index >= 15 is 0 Å². The number of nitrogens with one attached hydrogen (secondary N) is 1. The Balaban J connectivity index is 1.64. The third-order valence-corrected chi connectivity index (χ3v) is 5.07. The second-order valence-electron chi connectivity index (χ2n) is 7.60. The lowest BCUT2D eigenvalue weighted by molar-refractivity contribution is 0.120. The van der Waals surface area contributed by atoms with E-state index in [1.165, 1.54) is 5.56 Å². The molecule has 2 heterocycles. The van der Waals surface area contributed by atoms with Crippen molar-refractivity contribution in [1.82, 2.24) is 10.3 Å². The molecule has 5 heteroatoms. The summed E-state index contributed by atoms with van der Waals surface area (Å²) in [5, 5.41) is 3.59. The van der Waals surface area contributed by atoms with Crippen LogP contribution in [0.2, 0.25) is 0 Å². The number of hydrogen-bond donors (Lipinski definition) is 1. The molecule has 1 N–H and O–H groups in total. The second kappa shape index (κ2) is 8.17. The monoisotopic (exact) mass is 377 g/mol. The molecule has 1 aromatic heterocycles. The van der Waals surface area contributed by atoms with Crippen molar-refractivity contribution in [2.75, 3.05) is 31.2 Å². The molecule has 0 saturated carbocycles. The molecule has 2 aromatic carbocycles. The van der Waals surface area contributed by atoms with Crippen LogP contribution in [-0.4, -0.2) is 31.3 Å². The molecule has 5 nitrogen and oxygen atoms in total. The van der Waals surface area contributed by atoms with Crippen LogP contribution in [0.1, 0.15) is 25.3 Å². The molecule has 4 rings (SSSR count). The van der Waals surface area contributed by atoms with Crippen molar-refractivity contribution in [3.05, 3.63) is 72.1 Å². The topological polar surface area (TPSA) is 50.5 Å². The van der Waals surface area contributed by atoms with Crippen molar-refractivity contribution in [3.8, 4) is 11.3 Å². The van der Waals surface area contributed by atoms with E-state index < -0.39 is 5.54 Å². The third-order valence-electron chi connectivity index (χ3n) is 5.07. The van der Waals surface area contributed by atoms with Crippen LogP contribution in [0.5, 0.6) is 0 Å². The molecule has 3 aromatic rings. The minimum Gasteiger partial charge on any atom is -0.422 e. The summed E-state index contributed by atoms with van der Waals surface area (Å²) >= 11 is 0. The van der Waals surface area contributed by atoms with E-state index in [2.05, 4.69) is 60.5 Å². The number of benzene rings is 2. The first-order valence-corrected chi connectivity index (χ1v) is 9.82. The summed E-state index contributed by atoms with van der Waals surface area (Å²) < 4.78 is 11.9. The van der Waals surface area contributed by atoms with Crippen molar-refractivity contribution in [2.45, 2.75) is 25.9 Å². The number of rotatable bonds is 6. The SMILES string of the molecule is CC(C)(NCc1ccccc1)c1nc(-c2ccccc2)c(N2CCOCC2)o1. The molecule has 0 aliphatic carbocycles. The molecule has 1 fully saturated rings. The van der Waals surface area contributed by atoms with Gasteiger partial charge in [-0.15, -0.1) is 0 Å². The Kier molecular flexibility index (Phi) is 5.46. The van der Waals surface area contributed by atoms with Gasteiger partial charge in [0, 0.05) is 25.2 Å². The normalized spacial score (nSPS) is 15.0. The van der Waals surface area contributed by atoms with Crippen molar-refractivity contribution >= 4 is 5.88 Å². The Labute approximate surface area is 166 Å². The van der Waals surface area contributed by atoms with Crippen LogP contribution in [0.25, 0.3) is 11.3 Å². The highest BCUT2D eigenvalue weighted by atomic mass is 16.5. The number of ether oxygens (including phenoxy) is 1. The maximum absolute atomic E-state index is 6.36. The summed E-state index contributed by atoms with van der Waals surface area (Å²) in [6, 6.07) is 20.6. The summed E-state index contributed by atoms with van der Waals surface area (Å²) in [6.45, 7) is 8.02. The highest BCUT2D eigenvalue weighted by molar-refractivity contribution is 5.71. The Morgan fingerprint density at radius 3 is 2.29 bits per heavy atom. The highest BCUT2D eigenvalue weighted by Gasteiger charge is 2.30. The van der Waals surface area contributed by atoms with Crippen LogP contribution in [0.3, 0.4) is 0 Å². The predicted octanol–water partition coefficient (Wildman–Crippen LogP) is 4.20. The summed E-state index contributed by atoms with van der Waals surface area (Å²) in [6.07, 6.45) is 0. The maximum Gasteiger partial charge on any atom is 0.224 e. The van der Waals surface area contributed by atoms with Crippen LogP contribution in [-0.2, 0) is 16.8 Å². The average Bonchev–Trinajstić information content (AvgIpc) is 3.21. The number of anilines is 1. The molecular weight excluding hydrogens is 350 g/mol. The molecule has 1 saturated heterocycles. The molecule has 0 spiro atoms. The fourth-order valence-corrected chi connectivity index (χ4v) is 3.34.